The summed E-state index contributed by atoms with van der Waals surface area (Å²) in [6, 6.07) is 23.0. The first-order chi connectivity index (χ1) is 30.4. The molecule has 0 aromatic heterocycles. The predicted octanol–water partition coefficient (Wildman–Crippen LogP) is 12.8. The molecule has 2 aliphatic heterocycles. The Morgan fingerprint density at radius 3 is 1.48 bits per heavy atom. The number of carbonyl (C=O) groups is 1. The van der Waals surface area contributed by atoms with Gasteiger partial charge in [0.15, 0.2) is 0 Å². The summed E-state index contributed by atoms with van der Waals surface area (Å²) in [5, 5.41) is 1.55. The predicted molar refractivity (Wildman–Crippen MR) is 266 cm³/mol. The van der Waals surface area contributed by atoms with Gasteiger partial charge in [-0.1, -0.05) is 88.3 Å². The Bertz CT molecular complexity index is 2180. The van der Waals surface area contributed by atoms with Gasteiger partial charge in [0.05, 0.1) is 16.9 Å². The first-order valence-electron chi connectivity index (χ1n) is 23.7. The number of halogens is 2. The molecule has 64 heavy (non-hydrogen) atoms. The minimum absolute atomic E-state index is 0.263. The lowest BCUT2D eigenvalue weighted by atomic mass is 9.63. The summed E-state index contributed by atoms with van der Waals surface area (Å²) in [6.45, 7) is 32.5. The van der Waals surface area contributed by atoms with Gasteiger partial charge in [-0.2, -0.15) is 4.89 Å². The molecule has 7 rings (SSSR count). The molecule has 0 N–H and O–H groups in total. The topological polar surface area (TPSA) is 48.5 Å². The molecule has 4 fully saturated rings. The molecule has 4 aliphatic rings. The van der Waals surface area contributed by atoms with Crippen LogP contribution in [0.3, 0.4) is 0 Å². The Hall–Kier alpha value is -3.77. The summed E-state index contributed by atoms with van der Waals surface area (Å²) in [5.41, 5.74) is 14.9. The van der Waals surface area contributed by atoms with Crippen molar-refractivity contribution in [2.45, 2.75) is 104 Å². The number of rotatable bonds is 12. The molecular weight excluding hydrogens is 836 g/mol. The van der Waals surface area contributed by atoms with Crippen LogP contribution in [0.25, 0.3) is 0 Å². The fourth-order valence-corrected chi connectivity index (χ4v) is 11.1. The molecule has 4 atom stereocenters. The van der Waals surface area contributed by atoms with Gasteiger partial charge >= 0.3 is 5.97 Å². The van der Waals surface area contributed by atoms with Gasteiger partial charge in [-0.3, -0.25) is 14.7 Å². The molecule has 4 unspecified atom stereocenters. The van der Waals surface area contributed by atoms with E-state index in [0.29, 0.717) is 29.2 Å². The van der Waals surface area contributed by atoms with Crippen molar-refractivity contribution in [3.63, 3.8) is 0 Å². The van der Waals surface area contributed by atoms with Gasteiger partial charge in [0.1, 0.15) is 5.60 Å². The Morgan fingerprint density at radius 2 is 1.08 bits per heavy atom. The van der Waals surface area contributed by atoms with E-state index in [1.165, 1.54) is 35.1 Å². The van der Waals surface area contributed by atoms with E-state index in [2.05, 4.69) is 102 Å². The van der Waals surface area contributed by atoms with Crippen LogP contribution in [0.5, 0.6) is 0 Å². The molecule has 3 aromatic rings. The average Bonchev–Trinajstić information content (AvgIpc) is 3.27. The first kappa shape index (κ1) is 48.2. The van der Waals surface area contributed by atoms with Gasteiger partial charge in [0, 0.05) is 75.5 Å². The number of anilines is 2. The second-order valence-corrected chi connectivity index (χ2v) is 22.4. The standard InChI is InChI=1S/C55H72Cl2N4O3/c1-10-39(48-35-54(6,7)24-22-46(48)41-12-17-44(56)18-13-41)37-58-26-30-60(31-27-58)50-21-16-43(52(62)63-64-53(3,4)5)34-51(50)61-32-28-59(29-33-61)38-40(11-2)49-36-55(8,9)25-23-47(49)42-14-19-45(57)20-15-42/h12-21,34,46-49H,1-2,22-33,35-38H2,3-9H3. The van der Waals surface area contributed by atoms with E-state index in [0.717, 1.165) is 113 Å². The summed E-state index contributed by atoms with van der Waals surface area (Å²) in [4.78, 5) is 34.3. The van der Waals surface area contributed by atoms with Crippen molar-refractivity contribution in [3.8, 4) is 0 Å². The third-order valence-electron chi connectivity index (χ3n) is 14.5. The second-order valence-electron chi connectivity index (χ2n) is 21.5. The maximum atomic E-state index is 13.4. The molecule has 0 amide bonds. The van der Waals surface area contributed by atoms with Crippen LogP contribution < -0.4 is 9.80 Å². The molecule has 2 aliphatic carbocycles. The van der Waals surface area contributed by atoms with Crippen LogP contribution in [0.1, 0.15) is 120 Å². The zero-order valence-electron chi connectivity index (χ0n) is 39.7. The van der Waals surface area contributed by atoms with Crippen LogP contribution in [-0.2, 0) is 9.78 Å². The van der Waals surface area contributed by atoms with Crippen molar-refractivity contribution in [3.05, 3.63) is 129 Å². The minimum Gasteiger partial charge on any atom is -0.367 e. The van der Waals surface area contributed by atoms with E-state index in [1.54, 1.807) is 0 Å². The van der Waals surface area contributed by atoms with E-state index in [4.69, 9.17) is 33.0 Å². The summed E-state index contributed by atoms with van der Waals surface area (Å²) in [6.07, 6.45) is 6.93. The van der Waals surface area contributed by atoms with Crippen LogP contribution in [0.2, 0.25) is 10.0 Å². The SMILES string of the molecule is C=C=C(CN1CCN(c2ccc(C(=O)OOC(C)(C)C)cc2N2CCN(CC(=C=C)C3CC(C)(C)CCC3c3ccc(Cl)cc3)CC2)CC1)C1CC(C)(C)CCC1c1ccc(Cl)cc1. The molecule has 2 saturated heterocycles. The average molecular weight is 908 g/mol. The summed E-state index contributed by atoms with van der Waals surface area (Å²) in [5.74, 6) is 1.14. The van der Waals surface area contributed by atoms with Crippen molar-refractivity contribution in [2.24, 2.45) is 22.7 Å². The fraction of sp³-hybridized carbons (Fsp3) is 0.545. The van der Waals surface area contributed by atoms with Crippen LogP contribution in [-0.4, -0.2) is 86.8 Å². The maximum Gasteiger partial charge on any atom is 0.373 e. The van der Waals surface area contributed by atoms with Crippen molar-refractivity contribution < 1.29 is 14.6 Å². The Kier molecular flexibility index (Phi) is 15.4. The van der Waals surface area contributed by atoms with Crippen LogP contribution in [0.15, 0.2) is 102 Å². The van der Waals surface area contributed by atoms with Gasteiger partial charge in [0.25, 0.3) is 0 Å². The van der Waals surface area contributed by atoms with Crippen molar-refractivity contribution >= 4 is 40.5 Å². The number of carbonyl (C=O) groups excluding carboxylic acids is 1. The highest BCUT2D eigenvalue weighted by atomic mass is 35.5. The highest BCUT2D eigenvalue weighted by molar-refractivity contribution is 6.30. The quantitative estimate of drug-likeness (QED) is 0.102. The lowest BCUT2D eigenvalue weighted by molar-refractivity contribution is -0.301. The van der Waals surface area contributed by atoms with Gasteiger partial charge in [-0.05, 0) is 159 Å². The fourth-order valence-electron chi connectivity index (χ4n) is 10.9. The van der Waals surface area contributed by atoms with E-state index >= 15 is 0 Å². The van der Waals surface area contributed by atoms with Gasteiger partial charge < -0.3 is 9.80 Å². The third kappa shape index (κ3) is 12.2. The molecule has 0 bridgehead atoms. The molecule has 344 valence electrons. The highest BCUT2D eigenvalue weighted by Gasteiger charge is 2.40. The molecular formula is C55H72Cl2N4O3. The molecule has 0 spiro atoms. The van der Waals surface area contributed by atoms with E-state index in [9.17, 15) is 4.79 Å². The summed E-state index contributed by atoms with van der Waals surface area (Å²) < 4.78 is 0. The molecule has 0 radical (unpaired) electrons. The van der Waals surface area contributed by atoms with Crippen molar-refractivity contribution in [1.82, 2.24) is 9.80 Å². The van der Waals surface area contributed by atoms with E-state index in [-0.39, 0.29) is 10.8 Å². The Balaban J connectivity index is 1.05. The molecule has 2 saturated carbocycles. The number of nitrogens with zero attached hydrogens (tertiary/aromatic N) is 4. The van der Waals surface area contributed by atoms with Gasteiger partial charge in [-0.15, -0.1) is 11.5 Å². The second kappa shape index (κ2) is 20.4. The number of benzene rings is 3. The van der Waals surface area contributed by atoms with Crippen LogP contribution in [0, 0.1) is 22.7 Å². The first-order valence-corrected chi connectivity index (χ1v) is 24.4. The lowest BCUT2D eigenvalue weighted by Gasteiger charge is -2.44. The Morgan fingerprint density at radius 1 is 0.656 bits per heavy atom. The van der Waals surface area contributed by atoms with Crippen molar-refractivity contribution in [1.29, 1.82) is 0 Å². The van der Waals surface area contributed by atoms with Gasteiger partial charge in [0.2, 0.25) is 0 Å². The third-order valence-corrected chi connectivity index (χ3v) is 15.0. The summed E-state index contributed by atoms with van der Waals surface area (Å²) in [7, 11) is 0. The highest BCUT2D eigenvalue weighted by Crippen LogP contribution is 2.51. The van der Waals surface area contributed by atoms with Crippen LogP contribution in [0.4, 0.5) is 11.4 Å². The number of piperazine rings is 2. The normalized spacial score (nSPS) is 24.1. The molecule has 7 nitrogen and oxygen atoms in total. The number of hydrogen-bond acceptors (Lipinski definition) is 7. The largest absolute Gasteiger partial charge is 0.373 e. The summed E-state index contributed by atoms with van der Waals surface area (Å²) >= 11 is 12.6. The molecule has 2 heterocycles. The van der Waals surface area contributed by atoms with E-state index in [1.807, 2.05) is 57.2 Å². The Labute approximate surface area is 394 Å². The van der Waals surface area contributed by atoms with E-state index < -0.39 is 11.6 Å². The smallest absolute Gasteiger partial charge is 0.367 e. The monoisotopic (exact) mass is 906 g/mol. The zero-order chi connectivity index (χ0) is 45.8. The molecule has 9 heteroatoms. The van der Waals surface area contributed by atoms with Crippen LogP contribution >= 0.6 is 23.2 Å². The minimum atomic E-state index is -0.611. The maximum absolute atomic E-state index is 13.4. The van der Waals surface area contributed by atoms with Crippen molar-refractivity contribution in [2.75, 3.05) is 75.2 Å². The molecule has 3 aromatic carbocycles. The van der Waals surface area contributed by atoms with Gasteiger partial charge in [-0.25, -0.2) is 4.79 Å². The lowest BCUT2D eigenvalue weighted by Crippen LogP contribution is -2.50. The zero-order valence-corrected chi connectivity index (χ0v) is 41.2. The number of hydrogen-bond donors (Lipinski definition) is 0.